The minimum atomic E-state index is 0.338. The van der Waals surface area contributed by atoms with E-state index in [0.29, 0.717) is 12.5 Å². The van der Waals surface area contributed by atoms with Gasteiger partial charge in [0.2, 0.25) is 0 Å². The molecule has 0 fully saturated rings. The molecule has 2 heteroatoms. The number of hydrogen-bond acceptors (Lipinski definition) is 1. The van der Waals surface area contributed by atoms with Gasteiger partial charge in [-0.15, -0.1) is 0 Å². The molecular weight excluding hydrogens is 88.1 g/mol. The van der Waals surface area contributed by atoms with Crippen molar-refractivity contribution < 1.29 is 5.73 Å². The van der Waals surface area contributed by atoms with E-state index in [1.54, 1.807) is 0 Å². The predicted octanol–water partition coefficient (Wildman–Crippen LogP) is -0.0794. The molecule has 0 aliphatic heterocycles. The molecule has 7 heavy (non-hydrogen) atoms. The average Bonchev–Trinajstić information content (AvgIpc) is 1.68. The smallest absolute Gasteiger partial charge is 0.0972 e. The van der Waals surface area contributed by atoms with Crippen LogP contribution in [0.4, 0.5) is 0 Å². The van der Waals surface area contributed by atoms with Crippen LogP contribution in [0.2, 0.25) is 0 Å². The molecule has 1 atom stereocenters. The number of rotatable bonds is 2. The average molecular weight is 99.2 g/mol. The molecule has 0 rings (SSSR count). The molecule has 0 bridgehead atoms. The molecule has 40 valence electrons. The summed E-state index contributed by atoms with van der Waals surface area (Å²) in [7, 11) is 0. The Bertz CT molecular complexity index is 72.6. The van der Waals surface area contributed by atoms with Gasteiger partial charge >= 0.3 is 0 Å². The summed E-state index contributed by atoms with van der Waals surface area (Å²) >= 11 is 0. The van der Waals surface area contributed by atoms with Crippen LogP contribution in [0.25, 0.3) is 0 Å². The second-order valence-electron chi connectivity index (χ2n) is 1.64. The highest BCUT2D eigenvalue weighted by atomic mass is 14.6. The fourth-order valence-corrected chi connectivity index (χ4v) is 0.273. The van der Waals surface area contributed by atoms with Gasteiger partial charge in [-0.05, 0) is 6.42 Å². The maximum atomic E-state index is 8.08. The highest BCUT2D eigenvalue weighted by Crippen LogP contribution is 1.85. The van der Waals surface area contributed by atoms with Crippen molar-refractivity contribution in [3.05, 3.63) is 0 Å². The third-order valence-electron chi connectivity index (χ3n) is 0.957. The molecule has 3 N–H and O–H groups in total. The van der Waals surface area contributed by atoms with Crippen molar-refractivity contribution >= 4 is 0 Å². The Hall–Kier alpha value is -0.550. The van der Waals surface area contributed by atoms with Crippen molar-refractivity contribution in [1.82, 2.24) is 0 Å². The third-order valence-corrected chi connectivity index (χ3v) is 0.957. The summed E-state index contributed by atoms with van der Waals surface area (Å²) in [5, 5.41) is 8.08. The highest BCUT2D eigenvalue weighted by molar-refractivity contribution is 4.72. The van der Waals surface area contributed by atoms with E-state index in [0.717, 1.165) is 6.42 Å². The summed E-state index contributed by atoms with van der Waals surface area (Å²) in [6.45, 7) is 2.04. The molecule has 0 unspecified atom stereocenters. The lowest BCUT2D eigenvalue weighted by Crippen LogP contribution is -2.60. The molecule has 0 aromatic heterocycles. The zero-order valence-corrected chi connectivity index (χ0v) is 4.65. The molecular formula is C5H11N2+. The van der Waals surface area contributed by atoms with E-state index in [4.69, 9.17) is 5.26 Å². The summed E-state index contributed by atoms with van der Waals surface area (Å²) in [6.07, 6.45) is 1.60. The normalized spacial score (nSPS) is 12.7. The van der Waals surface area contributed by atoms with Crippen LogP contribution in [-0.4, -0.2) is 6.04 Å². The Kier molecular flexibility index (Phi) is 3.35. The van der Waals surface area contributed by atoms with Crippen LogP contribution >= 0.6 is 0 Å². The molecule has 0 aliphatic rings. The van der Waals surface area contributed by atoms with E-state index in [9.17, 15) is 0 Å². The number of nitriles is 1. The predicted molar refractivity (Wildman–Crippen MR) is 27.2 cm³/mol. The lowest BCUT2D eigenvalue weighted by atomic mass is 10.2. The number of quaternary nitrogens is 1. The summed E-state index contributed by atoms with van der Waals surface area (Å²) < 4.78 is 0. The maximum Gasteiger partial charge on any atom is 0.0972 e. The van der Waals surface area contributed by atoms with Gasteiger partial charge in [-0.3, -0.25) is 0 Å². The highest BCUT2D eigenvalue weighted by Gasteiger charge is 1.97. The van der Waals surface area contributed by atoms with E-state index >= 15 is 0 Å². The topological polar surface area (TPSA) is 51.4 Å². The lowest BCUT2D eigenvalue weighted by Gasteiger charge is -1.93. The summed E-state index contributed by atoms with van der Waals surface area (Å²) in [5.41, 5.74) is 3.72. The Labute approximate surface area is 43.9 Å². The zero-order chi connectivity index (χ0) is 5.70. The fourth-order valence-electron chi connectivity index (χ4n) is 0.273. The Balaban J connectivity index is 3.03. The first-order valence-electron chi connectivity index (χ1n) is 2.51. The van der Waals surface area contributed by atoms with Crippen molar-refractivity contribution in [2.45, 2.75) is 25.8 Å². The molecule has 0 aliphatic carbocycles. The van der Waals surface area contributed by atoms with Gasteiger partial charge in [-0.1, -0.05) is 6.92 Å². The van der Waals surface area contributed by atoms with Gasteiger partial charge in [0.1, 0.15) is 0 Å². The van der Waals surface area contributed by atoms with Crippen molar-refractivity contribution in [3.8, 4) is 6.07 Å². The first kappa shape index (κ1) is 6.45. The Morgan fingerprint density at radius 3 is 2.57 bits per heavy atom. The van der Waals surface area contributed by atoms with Crippen LogP contribution < -0.4 is 5.73 Å². The van der Waals surface area contributed by atoms with E-state index < -0.39 is 0 Å². The molecule has 0 spiro atoms. The quantitative estimate of drug-likeness (QED) is 0.517. The van der Waals surface area contributed by atoms with Gasteiger partial charge in [0.25, 0.3) is 0 Å². The van der Waals surface area contributed by atoms with Gasteiger partial charge < -0.3 is 5.73 Å². The number of hydrogen-bond donors (Lipinski definition) is 1. The monoisotopic (exact) mass is 99.1 g/mol. The van der Waals surface area contributed by atoms with Crippen molar-refractivity contribution in [1.29, 1.82) is 5.26 Å². The van der Waals surface area contributed by atoms with Crippen LogP contribution in [-0.2, 0) is 0 Å². The minimum Gasteiger partial charge on any atom is -0.354 e. The second-order valence-corrected chi connectivity index (χ2v) is 1.64. The van der Waals surface area contributed by atoms with E-state index in [2.05, 4.69) is 11.8 Å². The second kappa shape index (κ2) is 3.63. The molecule has 0 heterocycles. The molecule has 0 saturated heterocycles. The fraction of sp³-hybridized carbons (Fsp3) is 0.800. The molecule has 0 amide bonds. The first-order chi connectivity index (χ1) is 3.31. The van der Waals surface area contributed by atoms with Gasteiger partial charge in [-0.2, -0.15) is 5.26 Å². The van der Waals surface area contributed by atoms with Gasteiger partial charge in [-0.25, -0.2) is 0 Å². The van der Waals surface area contributed by atoms with Gasteiger partial charge in [0, 0.05) is 0 Å². The third kappa shape index (κ3) is 3.28. The van der Waals surface area contributed by atoms with Crippen molar-refractivity contribution in [2.24, 2.45) is 0 Å². The van der Waals surface area contributed by atoms with Crippen LogP contribution in [0.1, 0.15) is 19.8 Å². The van der Waals surface area contributed by atoms with Crippen molar-refractivity contribution in [3.63, 3.8) is 0 Å². The first-order valence-corrected chi connectivity index (χ1v) is 2.51. The molecule has 0 saturated carbocycles. The zero-order valence-electron chi connectivity index (χ0n) is 4.65. The Morgan fingerprint density at radius 1 is 1.86 bits per heavy atom. The maximum absolute atomic E-state index is 8.08. The van der Waals surface area contributed by atoms with Gasteiger partial charge in [0.15, 0.2) is 0 Å². The minimum absolute atomic E-state index is 0.338. The Morgan fingerprint density at radius 2 is 2.43 bits per heavy atom. The molecule has 0 aromatic carbocycles. The van der Waals surface area contributed by atoms with Crippen LogP contribution in [0, 0.1) is 11.3 Å². The summed E-state index contributed by atoms with van der Waals surface area (Å²) in [4.78, 5) is 0. The van der Waals surface area contributed by atoms with E-state index in [1.807, 2.05) is 6.92 Å². The number of nitrogens with zero attached hydrogens (tertiary/aromatic N) is 1. The van der Waals surface area contributed by atoms with Gasteiger partial charge in [0.05, 0.1) is 18.5 Å². The van der Waals surface area contributed by atoms with E-state index in [1.165, 1.54) is 0 Å². The van der Waals surface area contributed by atoms with Crippen LogP contribution in [0.5, 0.6) is 0 Å². The van der Waals surface area contributed by atoms with Crippen LogP contribution in [0.3, 0.4) is 0 Å². The van der Waals surface area contributed by atoms with E-state index in [-0.39, 0.29) is 0 Å². The van der Waals surface area contributed by atoms with Crippen LogP contribution in [0.15, 0.2) is 0 Å². The van der Waals surface area contributed by atoms with Crippen molar-refractivity contribution in [2.75, 3.05) is 0 Å². The lowest BCUT2D eigenvalue weighted by molar-refractivity contribution is -0.418. The largest absolute Gasteiger partial charge is 0.354 e. The summed E-state index contributed by atoms with van der Waals surface area (Å²) in [5.74, 6) is 0. The molecule has 0 aromatic rings. The molecule has 0 radical (unpaired) electrons. The summed E-state index contributed by atoms with van der Waals surface area (Å²) in [6, 6.07) is 2.39. The SMILES string of the molecule is CC[C@H]([NH3+])CC#N. The standard InChI is InChI=1S/C5H10N2/c1-2-5(7)3-4-6/h5H,2-3,7H2,1H3/p+1/t5-/m0/s1. The molecule has 2 nitrogen and oxygen atoms in total.